The van der Waals surface area contributed by atoms with E-state index in [9.17, 15) is 10.1 Å². The molecule has 0 aliphatic carbocycles. The molecule has 98 valence electrons. The van der Waals surface area contributed by atoms with Gasteiger partial charge in [-0.3, -0.25) is 10.1 Å². The zero-order valence-corrected chi connectivity index (χ0v) is 11.6. The number of benzene rings is 1. The molecule has 0 aliphatic heterocycles. The first-order valence-electron chi connectivity index (χ1n) is 5.75. The molecule has 6 heteroatoms. The minimum absolute atomic E-state index is 0.0319. The second-order valence-electron chi connectivity index (χ2n) is 3.91. The van der Waals surface area contributed by atoms with Gasteiger partial charge in [-0.2, -0.15) is 0 Å². The number of aromatic nitrogens is 1. The Hall–Kier alpha value is -1.95. The van der Waals surface area contributed by atoms with E-state index in [1.165, 1.54) is 11.8 Å². The SMILES string of the molecule is O=[N+]([O-])c1c(Br)ccnc1NCCc1ccccc1. The van der Waals surface area contributed by atoms with Crippen LogP contribution in [0.4, 0.5) is 11.5 Å². The summed E-state index contributed by atoms with van der Waals surface area (Å²) in [5.41, 5.74) is 1.14. The predicted molar refractivity (Wildman–Crippen MR) is 77.2 cm³/mol. The van der Waals surface area contributed by atoms with Crippen molar-refractivity contribution in [3.63, 3.8) is 0 Å². The van der Waals surface area contributed by atoms with E-state index in [0.29, 0.717) is 11.0 Å². The van der Waals surface area contributed by atoms with Gasteiger partial charge in [-0.05, 0) is 34.0 Å². The molecule has 1 heterocycles. The minimum Gasteiger partial charge on any atom is -0.364 e. The summed E-state index contributed by atoms with van der Waals surface area (Å²) in [4.78, 5) is 14.5. The number of anilines is 1. The van der Waals surface area contributed by atoms with Gasteiger partial charge < -0.3 is 5.32 Å². The topological polar surface area (TPSA) is 68.1 Å². The molecule has 19 heavy (non-hydrogen) atoms. The number of nitrogens with zero attached hydrogens (tertiary/aromatic N) is 2. The first kappa shape index (κ1) is 13.5. The fraction of sp³-hybridized carbons (Fsp3) is 0.154. The third-order valence-electron chi connectivity index (χ3n) is 2.61. The van der Waals surface area contributed by atoms with Crippen LogP contribution >= 0.6 is 15.9 Å². The minimum atomic E-state index is -0.443. The Morgan fingerprint density at radius 3 is 2.68 bits per heavy atom. The summed E-state index contributed by atoms with van der Waals surface area (Å²) in [6, 6.07) is 11.5. The summed E-state index contributed by atoms with van der Waals surface area (Å²) < 4.78 is 0.426. The molecule has 0 unspecified atom stereocenters. The maximum atomic E-state index is 11.0. The van der Waals surface area contributed by atoms with E-state index in [1.807, 2.05) is 30.3 Å². The normalized spacial score (nSPS) is 10.2. The molecule has 0 fully saturated rings. The van der Waals surface area contributed by atoms with Crippen LogP contribution in [0.15, 0.2) is 47.1 Å². The van der Waals surface area contributed by atoms with Crippen molar-refractivity contribution in [3.05, 3.63) is 62.7 Å². The lowest BCUT2D eigenvalue weighted by molar-refractivity contribution is -0.385. The van der Waals surface area contributed by atoms with Crippen molar-refractivity contribution in [2.24, 2.45) is 0 Å². The molecule has 0 spiro atoms. The number of halogens is 1. The van der Waals surface area contributed by atoms with Crippen LogP contribution in [-0.4, -0.2) is 16.5 Å². The van der Waals surface area contributed by atoms with Crippen LogP contribution in [0.5, 0.6) is 0 Å². The highest BCUT2D eigenvalue weighted by Gasteiger charge is 2.18. The van der Waals surface area contributed by atoms with E-state index in [0.717, 1.165) is 6.42 Å². The average molecular weight is 322 g/mol. The summed E-state index contributed by atoms with van der Waals surface area (Å²) in [6.07, 6.45) is 2.31. The van der Waals surface area contributed by atoms with Crippen molar-refractivity contribution < 1.29 is 4.92 Å². The molecular weight excluding hydrogens is 310 g/mol. The van der Waals surface area contributed by atoms with Gasteiger partial charge in [-0.25, -0.2) is 4.98 Å². The molecule has 0 saturated heterocycles. The molecular formula is C13H12BrN3O2. The van der Waals surface area contributed by atoms with E-state index in [4.69, 9.17) is 0 Å². The molecule has 5 nitrogen and oxygen atoms in total. The third-order valence-corrected chi connectivity index (χ3v) is 3.25. The molecule has 0 saturated carbocycles. The van der Waals surface area contributed by atoms with Crippen molar-refractivity contribution >= 4 is 27.4 Å². The monoisotopic (exact) mass is 321 g/mol. The lowest BCUT2D eigenvalue weighted by atomic mass is 10.1. The van der Waals surface area contributed by atoms with Gasteiger partial charge in [0.2, 0.25) is 5.82 Å². The highest BCUT2D eigenvalue weighted by molar-refractivity contribution is 9.10. The van der Waals surface area contributed by atoms with Crippen LogP contribution in [-0.2, 0) is 6.42 Å². The quantitative estimate of drug-likeness (QED) is 0.677. The van der Waals surface area contributed by atoms with E-state index >= 15 is 0 Å². The van der Waals surface area contributed by atoms with Gasteiger partial charge in [-0.15, -0.1) is 0 Å². The molecule has 0 aliphatic rings. The van der Waals surface area contributed by atoms with E-state index in [2.05, 4.69) is 26.2 Å². The van der Waals surface area contributed by atoms with Gasteiger partial charge in [0.25, 0.3) is 0 Å². The standard InChI is InChI=1S/C13H12BrN3O2/c14-11-7-9-16-13(12(11)17(18)19)15-8-6-10-4-2-1-3-5-10/h1-5,7,9H,6,8H2,(H,15,16). The summed E-state index contributed by atoms with van der Waals surface area (Å²) in [6.45, 7) is 0.592. The van der Waals surface area contributed by atoms with Crippen LogP contribution in [0.25, 0.3) is 0 Å². The van der Waals surface area contributed by atoms with Crippen LogP contribution in [0, 0.1) is 10.1 Å². The fourth-order valence-corrected chi connectivity index (χ4v) is 2.15. The number of rotatable bonds is 5. The van der Waals surface area contributed by atoms with Crippen LogP contribution in [0.3, 0.4) is 0 Å². The van der Waals surface area contributed by atoms with Crippen molar-refractivity contribution in [2.45, 2.75) is 6.42 Å². The van der Waals surface area contributed by atoms with Gasteiger partial charge >= 0.3 is 5.69 Å². The molecule has 0 radical (unpaired) electrons. The van der Waals surface area contributed by atoms with Gasteiger partial charge in [0.15, 0.2) is 0 Å². The second-order valence-corrected chi connectivity index (χ2v) is 4.76. The van der Waals surface area contributed by atoms with Crippen LogP contribution < -0.4 is 5.32 Å². The highest BCUT2D eigenvalue weighted by Crippen LogP contribution is 2.30. The van der Waals surface area contributed by atoms with Gasteiger partial charge in [0, 0.05) is 12.7 Å². The Kier molecular flexibility index (Phi) is 4.46. The van der Waals surface area contributed by atoms with Gasteiger partial charge in [0.05, 0.1) is 4.92 Å². The smallest absolute Gasteiger partial charge is 0.325 e. The molecule has 2 rings (SSSR count). The zero-order chi connectivity index (χ0) is 13.7. The lowest BCUT2D eigenvalue weighted by Crippen LogP contribution is -2.08. The Labute approximate surface area is 119 Å². The van der Waals surface area contributed by atoms with E-state index in [1.54, 1.807) is 6.07 Å². The van der Waals surface area contributed by atoms with Crippen molar-refractivity contribution in [1.82, 2.24) is 4.98 Å². The van der Waals surface area contributed by atoms with Gasteiger partial charge in [-0.1, -0.05) is 30.3 Å². The van der Waals surface area contributed by atoms with Crippen molar-refractivity contribution in [2.75, 3.05) is 11.9 Å². The number of nitrogens with one attached hydrogen (secondary N) is 1. The van der Waals surface area contributed by atoms with E-state index in [-0.39, 0.29) is 11.5 Å². The zero-order valence-electron chi connectivity index (χ0n) is 10.0. The van der Waals surface area contributed by atoms with Gasteiger partial charge in [0.1, 0.15) is 4.47 Å². The largest absolute Gasteiger partial charge is 0.364 e. The maximum absolute atomic E-state index is 11.0. The lowest BCUT2D eigenvalue weighted by Gasteiger charge is -2.06. The summed E-state index contributed by atoms with van der Waals surface area (Å²) in [5.74, 6) is 0.287. The Morgan fingerprint density at radius 2 is 2.00 bits per heavy atom. The van der Waals surface area contributed by atoms with Crippen LogP contribution in [0.1, 0.15) is 5.56 Å². The van der Waals surface area contributed by atoms with Crippen LogP contribution in [0.2, 0.25) is 0 Å². The number of nitro groups is 1. The Balaban J connectivity index is 2.04. The van der Waals surface area contributed by atoms with Crippen molar-refractivity contribution in [1.29, 1.82) is 0 Å². The van der Waals surface area contributed by atoms with E-state index < -0.39 is 4.92 Å². The number of pyridine rings is 1. The Bertz CT molecular complexity index is 575. The number of hydrogen-bond donors (Lipinski definition) is 1. The predicted octanol–water partition coefficient (Wildman–Crippen LogP) is 3.41. The average Bonchev–Trinajstić information content (AvgIpc) is 2.39. The molecule has 1 aromatic carbocycles. The Morgan fingerprint density at radius 1 is 1.26 bits per heavy atom. The first-order chi connectivity index (χ1) is 9.18. The third kappa shape index (κ3) is 3.51. The molecule has 1 N–H and O–H groups in total. The van der Waals surface area contributed by atoms with Crippen molar-refractivity contribution in [3.8, 4) is 0 Å². The summed E-state index contributed by atoms with van der Waals surface area (Å²) in [5, 5.41) is 14.0. The highest BCUT2D eigenvalue weighted by atomic mass is 79.9. The fourth-order valence-electron chi connectivity index (χ4n) is 1.70. The molecule has 0 bridgehead atoms. The molecule has 0 amide bonds. The molecule has 0 atom stereocenters. The maximum Gasteiger partial charge on any atom is 0.325 e. The molecule has 2 aromatic rings. The molecule has 1 aromatic heterocycles. The summed E-state index contributed by atoms with van der Waals surface area (Å²) in [7, 11) is 0. The second kappa shape index (κ2) is 6.29. The summed E-state index contributed by atoms with van der Waals surface area (Å²) >= 11 is 3.16. The number of hydrogen-bond acceptors (Lipinski definition) is 4. The first-order valence-corrected chi connectivity index (χ1v) is 6.54.